The molecular weight excluding hydrogens is 432 g/mol. The van der Waals surface area contributed by atoms with E-state index in [1.54, 1.807) is 6.92 Å². The SMILES string of the molecule is CC#CCC(NC(=O)OCC1c2ccccc2-c2ccccc21)C(=O)NC(C)(CCC)C(=O)O. The van der Waals surface area contributed by atoms with E-state index in [0.717, 1.165) is 22.3 Å². The summed E-state index contributed by atoms with van der Waals surface area (Å²) in [5.74, 6) is 3.61. The second-order valence-corrected chi connectivity index (χ2v) is 8.53. The van der Waals surface area contributed by atoms with Crippen molar-refractivity contribution in [3.05, 3.63) is 59.7 Å². The van der Waals surface area contributed by atoms with Gasteiger partial charge in [0.1, 0.15) is 18.2 Å². The zero-order valence-electron chi connectivity index (χ0n) is 19.7. The number of carboxylic acids is 1. The van der Waals surface area contributed by atoms with Gasteiger partial charge in [0.05, 0.1) is 0 Å². The molecule has 2 unspecified atom stereocenters. The van der Waals surface area contributed by atoms with Crippen LogP contribution in [0.3, 0.4) is 0 Å². The molecular formula is C27H30N2O5. The number of aliphatic carboxylic acids is 1. The molecule has 1 aliphatic rings. The molecule has 0 heterocycles. The van der Waals surface area contributed by atoms with E-state index in [9.17, 15) is 19.5 Å². The van der Waals surface area contributed by atoms with Gasteiger partial charge < -0.3 is 20.5 Å². The fourth-order valence-electron chi connectivity index (χ4n) is 4.28. The predicted molar refractivity (Wildman–Crippen MR) is 129 cm³/mol. The van der Waals surface area contributed by atoms with Crippen molar-refractivity contribution in [2.45, 2.75) is 57.5 Å². The average molecular weight is 463 g/mol. The molecule has 1 aliphatic carbocycles. The van der Waals surface area contributed by atoms with Crippen molar-refractivity contribution in [3.8, 4) is 23.0 Å². The topological polar surface area (TPSA) is 105 Å². The van der Waals surface area contributed by atoms with E-state index in [2.05, 4.69) is 22.5 Å². The maximum Gasteiger partial charge on any atom is 0.407 e. The molecule has 7 heteroatoms. The summed E-state index contributed by atoms with van der Waals surface area (Å²) in [7, 11) is 0. The third-order valence-electron chi connectivity index (χ3n) is 6.06. The van der Waals surface area contributed by atoms with E-state index in [0.29, 0.717) is 6.42 Å². The number of hydrogen-bond acceptors (Lipinski definition) is 4. The average Bonchev–Trinajstić information content (AvgIpc) is 3.14. The highest BCUT2D eigenvalue weighted by Crippen LogP contribution is 2.44. The predicted octanol–water partition coefficient (Wildman–Crippen LogP) is 4.07. The Morgan fingerprint density at radius 2 is 1.68 bits per heavy atom. The maximum absolute atomic E-state index is 12.9. The van der Waals surface area contributed by atoms with Crippen LogP contribution in [0.25, 0.3) is 11.1 Å². The Labute approximate surface area is 199 Å². The number of fused-ring (bicyclic) bond motifs is 3. The van der Waals surface area contributed by atoms with Crippen molar-refractivity contribution in [1.29, 1.82) is 0 Å². The van der Waals surface area contributed by atoms with Gasteiger partial charge in [0.15, 0.2) is 0 Å². The maximum atomic E-state index is 12.9. The van der Waals surface area contributed by atoms with Crippen molar-refractivity contribution < 1.29 is 24.2 Å². The molecule has 0 aliphatic heterocycles. The van der Waals surface area contributed by atoms with Gasteiger partial charge in [-0.1, -0.05) is 61.9 Å². The van der Waals surface area contributed by atoms with E-state index in [1.807, 2.05) is 55.5 Å². The molecule has 7 nitrogen and oxygen atoms in total. The van der Waals surface area contributed by atoms with Crippen LogP contribution in [-0.2, 0) is 14.3 Å². The summed E-state index contributed by atoms with van der Waals surface area (Å²) in [4.78, 5) is 37.2. The quantitative estimate of drug-likeness (QED) is 0.488. The van der Waals surface area contributed by atoms with Crippen LogP contribution in [0.2, 0.25) is 0 Å². The third kappa shape index (κ3) is 5.40. The lowest BCUT2D eigenvalue weighted by molar-refractivity contribution is -0.147. The van der Waals surface area contributed by atoms with Crippen molar-refractivity contribution in [2.24, 2.45) is 0 Å². The van der Waals surface area contributed by atoms with Crippen LogP contribution in [0, 0.1) is 11.8 Å². The highest BCUT2D eigenvalue weighted by atomic mass is 16.5. The van der Waals surface area contributed by atoms with E-state index in [1.165, 1.54) is 6.92 Å². The number of carboxylic acid groups (broad SMARTS) is 1. The number of carbonyl (C=O) groups is 3. The van der Waals surface area contributed by atoms with E-state index < -0.39 is 29.6 Å². The lowest BCUT2D eigenvalue weighted by Crippen LogP contribution is -2.57. The Kier molecular flexibility index (Phi) is 7.95. The minimum Gasteiger partial charge on any atom is -0.480 e. The minimum atomic E-state index is -1.44. The van der Waals surface area contributed by atoms with Gasteiger partial charge in [-0.25, -0.2) is 9.59 Å². The number of nitrogens with one attached hydrogen (secondary N) is 2. The third-order valence-corrected chi connectivity index (χ3v) is 6.06. The van der Waals surface area contributed by atoms with Crippen LogP contribution in [0.1, 0.15) is 57.1 Å². The highest BCUT2D eigenvalue weighted by molar-refractivity contribution is 5.91. The molecule has 2 aromatic carbocycles. The largest absolute Gasteiger partial charge is 0.480 e. The molecule has 0 spiro atoms. The molecule has 0 saturated heterocycles. The first-order valence-corrected chi connectivity index (χ1v) is 11.4. The van der Waals surface area contributed by atoms with Crippen molar-refractivity contribution >= 4 is 18.0 Å². The highest BCUT2D eigenvalue weighted by Gasteiger charge is 2.36. The zero-order valence-corrected chi connectivity index (χ0v) is 19.7. The Morgan fingerprint density at radius 3 is 2.21 bits per heavy atom. The van der Waals surface area contributed by atoms with Gasteiger partial charge >= 0.3 is 12.1 Å². The van der Waals surface area contributed by atoms with Crippen molar-refractivity contribution in [3.63, 3.8) is 0 Å². The molecule has 2 atom stereocenters. The van der Waals surface area contributed by atoms with Crippen LogP contribution < -0.4 is 10.6 Å². The van der Waals surface area contributed by atoms with Crippen LogP contribution in [-0.4, -0.2) is 41.3 Å². The van der Waals surface area contributed by atoms with Crippen LogP contribution in [0.4, 0.5) is 4.79 Å². The Morgan fingerprint density at radius 1 is 1.09 bits per heavy atom. The van der Waals surface area contributed by atoms with E-state index in [4.69, 9.17) is 4.74 Å². The summed E-state index contributed by atoms with van der Waals surface area (Å²) in [6, 6.07) is 15.0. The van der Waals surface area contributed by atoms with Crippen LogP contribution in [0.5, 0.6) is 0 Å². The summed E-state index contributed by atoms with van der Waals surface area (Å²) in [5.41, 5.74) is 2.96. The molecule has 0 aromatic heterocycles. The number of hydrogen-bond donors (Lipinski definition) is 3. The Bertz CT molecular complexity index is 1090. The van der Waals surface area contributed by atoms with Gasteiger partial charge in [-0.3, -0.25) is 4.79 Å². The second-order valence-electron chi connectivity index (χ2n) is 8.53. The fourth-order valence-corrected chi connectivity index (χ4v) is 4.28. The van der Waals surface area contributed by atoms with Gasteiger partial charge in [0, 0.05) is 12.3 Å². The smallest absolute Gasteiger partial charge is 0.407 e. The number of rotatable bonds is 9. The zero-order chi connectivity index (χ0) is 24.7. The van der Waals surface area contributed by atoms with E-state index in [-0.39, 0.29) is 25.4 Å². The minimum absolute atomic E-state index is 0.0361. The molecule has 2 aromatic rings. The van der Waals surface area contributed by atoms with Gasteiger partial charge in [-0.05, 0) is 42.5 Å². The molecule has 0 saturated carbocycles. The fraction of sp³-hybridized carbons (Fsp3) is 0.370. The molecule has 3 N–H and O–H groups in total. The molecule has 34 heavy (non-hydrogen) atoms. The molecule has 0 radical (unpaired) electrons. The summed E-state index contributed by atoms with van der Waals surface area (Å²) < 4.78 is 5.53. The molecule has 178 valence electrons. The lowest BCUT2D eigenvalue weighted by atomic mass is 9.95. The Balaban J connectivity index is 1.69. The van der Waals surface area contributed by atoms with Gasteiger partial charge in [0.25, 0.3) is 0 Å². The first-order chi connectivity index (χ1) is 16.3. The first kappa shape index (κ1) is 24.8. The number of amides is 2. The summed E-state index contributed by atoms with van der Waals surface area (Å²) in [6.45, 7) is 5.02. The lowest BCUT2D eigenvalue weighted by Gasteiger charge is -2.28. The Hall–Kier alpha value is -3.79. The van der Waals surface area contributed by atoms with Crippen LogP contribution in [0.15, 0.2) is 48.5 Å². The van der Waals surface area contributed by atoms with Gasteiger partial charge in [-0.2, -0.15) is 0 Å². The van der Waals surface area contributed by atoms with Crippen molar-refractivity contribution in [2.75, 3.05) is 6.61 Å². The standard InChI is InChI=1S/C27H30N2O5/c1-4-6-15-23(24(30)29-27(3,16-5-2)25(31)32)28-26(33)34-17-22-20-13-9-7-11-18(20)19-12-8-10-14-21(19)22/h7-14,22-23H,5,15-17H2,1-3H3,(H,28,33)(H,29,30)(H,31,32). The van der Waals surface area contributed by atoms with Gasteiger partial charge in [-0.15, -0.1) is 11.8 Å². The van der Waals surface area contributed by atoms with Gasteiger partial charge in [0.2, 0.25) is 5.91 Å². The summed E-state index contributed by atoms with van der Waals surface area (Å²) >= 11 is 0. The molecule has 0 fully saturated rings. The number of ether oxygens (including phenoxy) is 1. The first-order valence-electron chi connectivity index (χ1n) is 11.4. The molecule has 3 rings (SSSR count). The number of benzene rings is 2. The molecule has 0 bridgehead atoms. The summed E-state index contributed by atoms with van der Waals surface area (Å²) in [6.07, 6.45) is 0.106. The number of carbonyl (C=O) groups excluding carboxylic acids is 2. The monoisotopic (exact) mass is 462 g/mol. The second kappa shape index (κ2) is 10.9. The number of alkyl carbamates (subject to hydrolysis) is 1. The van der Waals surface area contributed by atoms with Crippen LogP contribution >= 0.6 is 0 Å². The molecule has 2 amide bonds. The normalized spacial score (nSPS) is 14.4. The van der Waals surface area contributed by atoms with Crippen molar-refractivity contribution in [1.82, 2.24) is 10.6 Å². The van der Waals surface area contributed by atoms with E-state index >= 15 is 0 Å². The summed E-state index contributed by atoms with van der Waals surface area (Å²) in [5, 5.41) is 14.7.